The zero-order valence-corrected chi connectivity index (χ0v) is 23.7. The van der Waals surface area contributed by atoms with Gasteiger partial charge in [-0.3, -0.25) is 9.59 Å². The maximum absolute atomic E-state index is 12.1. The molecule has 0 bridgehead atoms. The summed E-state index contributed by atoms with van der Waals surface area (Å²) in [6.07, 6.45) is 0. The Hall–Kier alpha value is -0.810. The summed E-state index contributed by atoms with van der Waals surface area (Å²) < 4.78 is 6.50. The summed E-state index contributed by atoms with van der Waals surface area (Å²) in [7, 11) is 0. The SMILES string of the molecule is CCOC(=O)CN(CC(=O)OCC)c1ccc(-c2nc(C(Cl)(Cl)Cl)nc(C(Cl)(Cl)Cl)n2)cc1Br. The number of benzene rings is 1. The molecule has 0 saturated carbocycles. The first-order valence-corrected chi connectivity index (χ1v) is 12.6. The first-order valence-electron chi connectivity index (χ1n) is 9.52. The van der Waals surface area contributed by atoms with Crippen molar-refractivity contribution in [3.63, 3.8) is 0 Å². The highest BCUT2D eigenvalue weighted by Crippen LogP contribution is 2.41. The molecule has 1 aromatic carbocycles. The van der Waals surface area contributed by atoms with Crippen molar-refractivity contribution >= 4 is 103 Å². The van der Waals surface area contributed by atoms with Crippen LogP contribution in [-0.2, 0) is 26.6 Å². The molecule has 0 N–H and O–H groups in total. The second-order valence-electron chi connectivity index (χ2n) is 6.43. The summed E-state index contributed by atoms with van der Waals surface area (Å²) in [5.74, 6) is -1.45. The molecule has 2 aromatic rings. The maximum Gasteiger partial charge on any atom is 0.325 e. The zero-order valence-electron chi connectivity index (χ0n) is 17.6. The van der Waals surface area contributed by atoms with E-state index < -0.39 is 19.5 Å². The van der Waals surface area contributed by atoms with E-state index in [9.17, 15) is 9.59 Å². The van der Waals surface area contributed by atoms with Crippen molar-refractivity contribution in [2.75, 3.05) is 31.2 Å². The number of rotatable bonds is 8. The molecule has 1 aromatic heterocycles. The van der Waals surface area contributed by atoms with Crippen LogP contribution < -0.4 is 4.90 Å². The minimum atomic E-state index is -2.00. The lowest BCUT2D eigenvalue weighted by molar-refractivity contribution is -0.142. The third-order valence-electron chi connectivity index (χ3n) is 3.94. The van der Waals surface area contributed by atoms with Crippen LogP contribution in [0.4, 0.5) is 5.69 Å². The van der Waals surface area contributed by atoms with E-state index in [0.717, 1.165) is 0 Å². The lowest BCUT2D eigenvalue weighted by Crippen LogP contribution is -2.36. The number of hydrogen-bond donors (Lipinski definition) is 0. The van der Waals surface area contributed by atoms with E-state index in [1.807, 2.05) is 0 Å². The Morgan fingerprint density at radius 2 is 1.35 bits per heavy atom. The number of carbonyl (C=O) groups is 2. The molecule has 0 radical (unpaired) electrons. The van der Waals surface area contributed by atoms with Gasteiger partial charge in [0.25, 0.3) is 0 Å². The number of esters is 2. The van der Waals surface area contributed by atoms with Crippen molar-refractivity contribution in [2.45, 2.75) is 21.4 Å². The molecule has 2 rings (SSSR count). The molecular weight excluding hydrogens is 641 g/mol. The minimum Gasteiger partial charge on any atom is -0.465 e. The van der Waals surface area contributed by atoms with Crippen molar-refractivity contribution in [1.82, 2.24) is 15.0 Å². The summed E-state index contributed by atoms with van der Waals surface area (Å²) in [6.45, 7) is 3.38. The second kappa shape index (κ2) is 12.4. The van der Waals surface area contributed by atoms with Gasteiger partial charge >= 0.3 is 11.9 Å². The summed E-state index contributed by atoms with van der Waals surface area (Å²) >= 11 is 39.0. The molecule has 0 aliphatic rings. The summed E-state index contributed by atoms with van der Waals surface area (Å²) in [4.78, 5) is 38.0. The van der Waals surface area contributed by atoms with Crippen LogP contribution in [0.25, 0.3) is 11.4 Å². The Morgan fingerprint density at radius 3 is 1.74 bits per heavy atom. The number of aromatic nitrogens is 3. The van der Waals surface area contributed by atoms with Gasteiger partial charge < -0.3 is 14.4 Å². The molecule has 8 nitrogen and oxygen atoms in total. The van der Waals surface area contributed by atoms with Crippen LogP contribution in [0.2, 0.25) is 0 Å². The normalized spacial score (nSPS) is 11.8. The Kier molecular flexibility index (Phi) is 10.8. The molecular formula is C19H17BrCl6N4O4. The van der Waals surface area contributed by atoms with Crippen LogP contribution in [0, 0.1) is 0 Å². The number of alkyl halides is 6. The monoisotopic (exact) mass is 654 g/mol. The van der Waals surface area contributed by atoms with E-state index >= 15 is 0 Å². The average molecular weight is 658 g/mol. The van der Waals surface area contributed by atoms with Crippen molar-refractivity contribution in [3.05, 3.63) is 34.3 Å². The number of nitrogens with zero attached hydrogens (tertiary/aromatic N) is 4. The highest BCUT2D eigenvalue weighted by Gasteiger charge is 2.34. The van der Waals surface area contributed by atoms with Gasteiger partial charge in [-0.1, -0.05) is 69.6 Å². The van der Waals surface area contributed by atoms with E-state index in [0.29, 0.717) is 15.7 Å². The van der Waals surface area contributed by atoms with Gasteiger partial charge in [-0.2, -0.15) is 0 Å². The van der Waals surface area contributed by atoms with E-state index in [2.05, 4.69) is 30.9 Å². The first-order chi connectivity index (χ1) is 15.8. The largest absolute Gasteiger partial charge is 0.465 e. The Bertz CT molecular complexity index is 996. The third-order valence-corrected chi connectivity index (χ3v) is 5.59. The maximum atomic E-state index is 12.1. The highest BCUT2D eigenvalue weighted by molar-refractivity contribution is 9.10. The molecule has 0 fully saturated rings. The Morgan fingerprint density at radius 1 is 0.882 bits per heavy atom. The number of halogens is 7. The van der Waals surface area contributed by atoms with Crippen molar-refractivity contribution < 1.29 is 19.1 Å². The number of hydrogen-bond acceptors (Lipinski definition) is 8. The lowest BCUT2D eigenvalue weighted by Gasteiger charge is -2.24. The second-order valence-corrected chi connectivity index (χ2v) is 11.9. The molecule has 0 aliphatic heterocycles. The molecule has 0 amide bonds. The lowest BCUT2D eigenvalue weighted by atomic mass is 10.1. The van der Waals surface area contributed by atoms with Crippen molar-refractivity contribution in [1.29, 1.82) is 0 Å². The van der Waals surface area contributed by atoms with E-state index in [1.165, 1.54) is 4.90 Å². The summed E-state index contributed by atoms with van der Waals surface area (Å²) in [5, 5.41) is 0. The number of carbonyl (C=O) groups excluding carboxylic acids is 2. The van der Waals surface area contributed by atoms with Gasteiger partial charge in [0.15, 0.2) is 17.5 Å². The zero-order chi connectivity index (χ0) is 25.7. The molecule has 34 heavy (non-hydrogen) atoms. The fourth-order valence-electron chi connectivity index (χ4n) is 2.61. The number of anilines is 1. The van der Waals surface area contributed by atoms with E-state index in [-0.39, 0.29) is 43.8 Å². The summed E-state index contributed by atoms with van der Waals surface area (Å²) in [6, 6.07) is 4.87. The van der Waals surface area contributed by atoms with E-state index in [1.54, 1.807) is 32.0 Å². The average Bonchev–Trinajstić information content (AvgIpc) is 2.72. The Balaban J connectivity index is 2.51. The predicted octanol–water partition coefficient (Wildman–Crippen LogP) is 5.89. The van der Waals surface area contributed by atoms with Crippen LogP contribution in [-0.4, -0.2) is 53.2 Å². The van der Waals surface area contributed by atoms with Gasteiger partial charge in [0.1, 0.15) is 13.1 Å². The van der Waals surface area contributed by atoms with Crippen molar-refractivity contribution in [3.8, 4) is 11.4 Å². The minimum absolute atomic E-state index is 0.0623. The van der Waals surface area contributed by atoms with Gasteiger partial charge in [0.05, 0.1) is 18.9 Å². The quantitative estimate of drug-likeness (QED) is 0.257. The van der Waals surface area contributed by atoms with Crippen LogP contribution in [0.1, 0.15) is 25.5 Å². The molecule has 0 saturated heterocycles. The Labute approximate surface area is 234 Å². The molecule has 0 unspecified atom stereocenters. The van der Waals surface area contributed by atoms with Crippen LogP contribution >= 0.6 is 85.5 Å². The fraction of sp³-hybridized carbons (Fsp3) is 0.421. The summed E-state index contributed by atoms with van der Waals surface area (Å²) in [5.41, 5.74) is 0.943. The van der Waals surface area contributed by atoms with Crippen LogP contribution in [0.3, 0.4) is 0 Å². The standard InChI is InChI=1S/C19H17BrCl6N4O4/c1-3-33-13(31)8-30(9-14(32)34-4-2)12-6-5-10(7-11(12)20)15-27-16(18(21,22)23)29-17(28-15)19(24,25)26/h5-7H,3-4,8-9H2,1-2H3. The molecule has 15 heteroatoms. The van der Waals surface area contributed by atoms with Gasteiger partial charge in [-0.05, 0) is 48.0 Å². The fourth-order valence-corrected chi connectivity index (χ4v) is 3.75. The van der Waals surface area contributed by atoms with E-state index in [4.69, 9.17) is 79.1 Å². The van der Waals surface area contributed by atoms with Gasteiger partial charge in [-0.15, -0.1) is 0 Å². The van der Waals surface area contributed by atoms with Crippen molar-refractivity contribution in [2.24, 2.45) is 0 Å². The molecule has 0 atom stereocenters. The van der Waals surface area contributed by atoms with Gasteiger partial charge in [0, 0.05) is 10.0 Å². The van der Waals surface area contributed by atoms with Crippen LogP contribution in [0.5, 0.6) is 0 Å². The number of ether oxygens (including phenoxy) is 2. The molecule has 0 spiro atoms. The molecule has 0 aliphatic carbocycles. The topological polar surface area (TPSA) is 94.5 Å². The first kappa shape index (κ1) is 29.4. The van der Waals surface area contributed by atoms with Gasteiger partial charge in [-0.25, -0.2) is 15.0 Å². The predicted molar refractivity (Wildman–Crippen MR) is 137 cm³/mol. The smallest absolute Gasteiger partial charge is 0.325 e. The van der Waals surface area contributed by atoms with Crippen LogP contribution in [0.15, 0.2) is 22.7 Å². The third kappa shape index (κ3) is 8.40. The molecule has 186 valence electrons. The highest BCUT2D eigenvalue weighted by atomic mass is 79.9. The van der Waals surface area contributed by atoms with Gasteiger partial charge in [0.2, 0.25) is 7.59 Å². The molecule has 1 heterocycles.